The van der Waals surface area contributed by atoms with Gasteiger partial charge in [0.2, 0.25) is 0 Å². The zero-order valence-corrected chi connectivity index (χ0v) is 18.6. The molecule has 1 aliphatic rings. The van der Waals surface area contributed by atoms with Crippen LogP contribution in [0.15, 0.2) is 12.1 Å². The number of hydrogen-bond donors (Lipinski definition) is 1. The number of amides is 1. The van der Waals surface area contributed by atoms with Crippen LogP contribution in [0.4, 0.5) is 9.59 Å². The fourth-order valence-corrected chi connectivity index (χ4v) is 2.48. The third-order valence-corrected chi connectivity index (χ3v) is 3.68. The Bertz CT molecular complexity index is 788. The normalized spacial score (nSPS) is 13.6. The molecule has 0 saturated carbocycles. The molecule has 1 heterocycles. The largest absolute Gasteiger partial charge is 0.535 e. The summed E-state index contributed by atoms with van der Waals surface area (Å²) in [5, 5.41) is 11.3. The van der Waals surface area contributed by atoms with Crippen molar-refractivity contribution in [2.24, 2.45) is 0 Å². The van der Waals surface area contributed by atoms with E-state index < -0.39 is 23.5 Å². The van der Waals surface area contributed by atoms with Crippen LogP contribution in [0.3, 0.4) is 0 Å². The molecule has 0 saturated heterocycles. The van der Waals surface area contributed by atoms with Crippen LogP contribution in [0.25, 0.3) is 0 Å². The quantitative estimate of drug-likeness (QED) is 0.536. The van der Waals surface area contributed by atoms with Crippen LogP contribution in [0.5, 0.6) is 11.5 Å². The molecule has 168 valence electrons. The number of carbonyl (C=O) groups excluding carboxylic acids is 2. The molecule has 0 atom stereocenters. The molecule has 0 spiro atoms. The summed E-state index contributed by atoms with van der Waals surface area (Å²) in [6.07, 6.45) is -2.34. The Kier molecular flexibility index (Phi) is 7.27. The highest BCUT2D eigenvalue weighted by atomic mass is 35.5. The Labute approximate surface area is 180 Å². The number of hydrazine groups is 1. The summed E-state index contributed by atoms with van der Waals surface area (Å²) < 4.78 is 21.2. The van der Waals surface area contributed by atoms with Crippen LogP contribution in [-0.2, 0) is 20.9 Å². The van der Waals surface area contributed by atoms with Crippen molar-refractivity contribution in [1.29, 1.82) is 0 Å². The van der Waals surface area contributed by atoms with E-state index >= 15 is 0 Å². The molecule has 0 radical (unpaired) electrons. The van der Waals surface area contributed by atoms with Crippen molar-refractivity contribution in [2.45, 2.75) is 59.3 Å². The molecule has 1 aromatic rings. The van der Waals surface area contributed by atoms with E-state index in [0.717, 1.165) is 0 Å². The average Bonchev–Trinajstić information content (AvgIpc) is 2.57. The first kappa shape index (κ1) is 23.8. The van der Waals surface area contributed by atoms with Gasteiger partial charge >= 0.3 is 12.2 Å². The van der Waals surface area contributed by atoms with Crippen LogP contribution in [-0.4, -0.2) is 52.2 Å². The molecule has 0 fully saturated rings. The monoisotopic (exact) mass is 446 g/mol. The SMILES string of the molecule is CC(C)(C)OC(=O)ON(C(=O)OC(C)(C)C)N(O)Cc1cc2c(cc1Cl)OCCO2. The number of benzene rings is 1. The zero-order chi connectivity index (χ0) is 22.7. The number of carbonyl (C=O) groups is 2. The Hall–Kier alpha value is -2.43. The van der Waals surface area contributed by atoms with Crippen molar-refractivity contribution >= 4 is 23.8 Å². The average molecular weight is 447 g/mol. The fraction of sp³-hybridized carbons (Fsp3) is 0.579. The van der Waals surface area contributed by atoms with Gasteiger partial charge in [-0.2, -0.15) is 0 Å². The molecule has 0 aliphatic carbocycles. The van der Waals surface area contributed by atoms with Crippen LogP contribution >= 0.6 is 11.6 Å². The van der Waals surface area contributed by atoms with Crippen molar-refractivity contribution < 1.29 is 38.6 Å². The maximum Gasteiger partial charge on any atom is 0.535 e. The molecule has 2 rings (SSSR count). The van der Waals surface area contributed by atoms with Crippen molar-refractivity contribution in [3.8, 4) is 11.5 Å². The Balaban J connectivity index is 2.22. The van der Waals surface area contributed by atoms with Crippen LogP contribution in [0.1, 0.15) is 47.1 Å². The second kappa shape index (κ2) is 9.15. The maximum absolute atomic E-state index is 12.5. The molecule has 0 bridgehead atoms. The highest BCUT2D eigenvalue weighted by molar-refractivity contribution is 6.31. The van der Waals surface area contributed by atoms with E-state index in [1.54, 1.807) is 47.6 Å². The molecule has 0 aromatic heterocycles. The lowest BCUT2D eigenvalue weighted by molar-refractivity contribution is -0.351. The maximum atomic E-state index is 12.5. The van der Waals surface area contributed by atoms with Gasteiger partial charge in [0.25, 0.3) is 0 Å². The summed E-state index contributed by atoms with van der Waals surface area (Å²) in [4.78, 5) is 29.5. The number of hydrogen-bond acceptors (Lipinski definition) is 9. The minimum Gasteiger partial charge on any atom is -0.486 e. The standard InChI is InChI=1S/C19H27ClN2O8/c1-18(2,3)28-16(23)22(30-17(24)29-19(4,5)6)21(25)11-12-9-14-15(10-13(12)20)27-8-7-26-14/h9-10,25H,7-8,11H2,1-6H3. The predicted molar refractivity (Wildman–Crippen MR) is 105 cm³/mol. The Morgan fingerprint density at radius 2 is 1.57 bits per heavy atom. The fourth-order valence-electron chi connectivity index (χ4n) is 2.26. The molecule has 11 heteroatoms. The van der Waals surface area contributed by atoms with Gasteiger partial charge in [0, 0.05) is 11.1 Å². The molecule has 1 aromatic carbocycles. The van der Waals surface area contributed by atoms with Gasteiger partial charge in [-0.15, -0.1) is 0 Å². The number of rotatable bonds is 3. The van der Waals surface area contributed by atoms with Gasteiger partial charge in [-0.25, -0.2) is 9.59 Å². The van der Waals surface area contributed by atoms with E-state index in [1.807, 2.05) is 0 Å². The molecule has 1 amide bonds. The van der Waals surface area contributed by atoms with Gasteiger partial charge in [-0.3, -0.25) is 10.0 Å². The van der Waals surface area contributed by atoms with E-state index in [4.69, 9.17) is 35.4 Å². The third-order valence-electron chi connectivity index (χ3n) is 3.33. The number of nitrogens with zero attached hydrogens (tertiary/aromatic N) is 2. The number of fused-ring (bicyclic) bond motifs is 1. The van der Waals surface area contributed by atoms with Gasteiger partial charge in [0.05, 0.1) is 6.54 Å². The first-order valence-corrected chi connectivity index (χ1v) is 9.61. The number of ether oxygens (including phenoxy) is 4. The molecule has 0 unspecified atom stereocenters. The second-order valence-corrected chi connectivity index (χ2v) is 8.83. The molecular weight excluding hydrogens is 420 g/mol. The molecule has 1 N–H and O–H groups in total. The third kappa shape index (κ3) is 7.12. The molecule has 1 aliphatic heterocycles. The first-order valence-electron chi connectivity index (χ1n) is 9.23. The minimum atomic E-state index is -1.21. The van der Waals surface area contributed by atoms with E-state index in [1.165, 1.54) is 6.07 Å². The smallest absolute Gasteiger partial charge is 0.486 e. The summed E-state index contributed by atoms with van der Waals surface area (Å²) in [6.45, 7) is 10.2. The number of hydroxylamine groups is 2. The van der Waals surface area contributed by atoms with Crippen LogP contribution in [0.2, 0.25) is 5.02 Å². The van der Waals surface area contributed by atoms with E-state index in [9.17, 15) is 14.8 Å². The summed E-state index contributed by atoms with van der Waals surface area (Å²) in [5.41, 5.74) is -1.41. The van der Waals surface area contributed by atoms with Gasteiger partial charge < -0.3 is 18.9 Å². The highest BCUT2D eigenvalue weighted by Crippen LogP contribution is 2.36. The van der Waals surface area contributed by atoms with Gasteiger partial charge in [-0.1, -0.05) is 16.8 Å². The molecular formula is C19H27ClN2O8. The summed E-state index contributed by atoms with van der Waals surface area (Å²) in [6, 6.07) is 3.09. The highest BCUT2D eigenvalue weighted by Gasteiger charge is 2.33. The van der Waals surface area contributed by atoms with Crippen molar-refractivity contribution in [3.05, 3.63) is 22.7 Å². The van der Waals surface area contributed by atoms with E-state index in [0.29, 0.717) is 35.4 Å². The molecule has 30 heavy (non-hydrogen) atoms. The van der Waals surface area contributed by atoms with E-state index in [-0.39, 0.29) is 16.7 Å². The van der Waals surface area contributed by atoms with Crippen LogP contribution < -0.4 is 9.47 Å². The second-order valence-electron chi connectivity index (χ2n) is 8.43. The van der Waals surface area contributed by atoms with Crippen molar-refractivity contribution in [2.75, 3.05) is 13.2 Å². The lowest BCUT2D eigenvalue weighted by atomic mass is 10.2. The van der Waals surface area contributed by atoms with Crippen molar-refractivity contribution in [3.63, 3.8) is 0 Å². The van der Waals surface area contributed by atoms with Crippen molar-refractivity contribution in [1.82, 2.24) is 10.3 Å². The zero-order valence-electron chi connectivity index (χ0n) is 17.9. The van der Waals surface area contributed by atoms with Crippen LogP contribution in [0, 0.1) is 0 Å². The summed E-state index contributed by atoms with van der Waals surface area (Å²) in [7, 11) is 0. The predicted octanol–water partition coefficient (Wildman–Crippen LogP) is 4.32. The minimum absolute atomic E-state index is 0.250. The molecule has 10 nitrogen and oxygen atoms in total. The van der Waals surface area contributed by atoms with Gasteiger partial charge in [-0.05, 0) is 58.3 Å². The Morgan fingerprint density at radius 3 is 2.10 bits per heavy atom. The number of halogens is 1. The van der Waals surface area contributed by atoms with Gasteiger partial charge in [0.15, 0.2) is 11.5 Å². The van der Waals surface area contributed by atoms with E-state index in [2.05, 4.69) is 0 Å². The lowest BCUT2D eigenvalue weighted by Crippen LogP contribution is -2.48. The Morgan fingerprint density at radius 1 is 1.03 bits per heavy atom. The van der Waals surface area contributed by atoms with Gasteiger partial charge in [0.1, 0.15) is 24.4 Å². The first-order chi connectivity index (χ1) is 13.7. The topological polar surface area (TPSA) is 107 Å². The summed E-state index contributed by atoms with van der Waals surface area (Å²) >= 11 is 6.25. The lowest BCUT2D eigenvalue weighted by Gasteiger charge is -2.30. The summed E-state index contributed by atoms with van der Waals surface area (Å²) in [5.74, 6) is 0.902.